The Labute approximate surface area is 167 Å². The highest BCUT2D eigenvalue weighted by atomic mass is 16.7. The Morgan fingerprint density at radius 3 is 1.75 bits per heavy atom. The van der Waals surface area contributed by atoms with Gasteiger partial charge in [0.25, 0.3) is 0 Å². The fraction of sp³-hybridized carbons (Fsp3) is 0.280. The van der Waals surface area contributed by atoms with Gasteiger partial charge >= 0.3 is 0 Å². The van der Waals surface area contributed by atoms with Crippen LogP contribution in [0.15, 0.2) is 84.9 Å². The topological polar surface area (TPSA) is 38.7 Å². The van der Waals surface area contributed by atoms with Gasteiger partial charge in [0, 0.05) is 6.42 Å². The molecular weight excluding hydrogens is 348 g/mol. The van der Waals surface area contributed by atoms with Crippen LogP contribution in [0.25, 0.3) is 0 Å². The summed E-state index contributed by atoms with van der Waals surface area (Å²) in [5.74, 6) is 2.04. The standard InChI is InChI=1S/C25H28O3/c26-24-19-12-11-14-21(24)13-5-1-2-10-20-25(27-22-15-6-3-7-16-22)28-23-17-8-4-9-18-23/h3-4,6-9,11-12,14-19,25-26H,1-2,5,10,13,20H2. The quantitative estimate of drug-likeness (QED) is 0.312. The van der Waals surface area contributed by atoms with Crippen LogP contribution in [-0.2, 0) is 6.42 Å². The number of rotatable bonds is 11. The molecule has 3 aromatic carbocycles. The molecule has 0 spiro atoms. The van der Waals surface area contributed by atoms with Gasteiger partial charge < -0.3 is 14.6 Å². The number of phenolic OH excluding ortho intramolecular Hbond substituents is 1. The molecule has 1 N–H and O–H groups in total. The minimum atomic E-state index is -0.303. The molecular formula is C25H28O3. The maximum Gasteiger partial charge on any atom is 0.241 e. The van der Waals surface area contributed by atoms with Crippen molar-refractivity contribution in [1.29, 1.82) is 0 Å². The van der Waals surface area contributed by atoms with Crippen molar-refractivity contribution < 1.29 is 14.6 Å². The third-order valence-electron chi connectivity index (χ3n) is 4.65. The third-order valence-corrected chi connectivity index (χ3v) is 4.65. The van der Waals surface area contributed by atoms with Crippen LogP contribution in [0.4, 0.5) is 0 Å². The molecule has 28 heavy (non-hydrogen) atoms. The molecule has 0 aromatic heterocycles. The van der Waals surface area contributed by atoms with E-state index in [4.69, 9.17) is 9.47 Å². The lowest BCUT2D eigenvalue weighted by Crippen LogP contribution is -2.24. The van der Waals surface area contributed by atoms with Crippen molar-refractivity contribution in [2.75, 3.05) is 0 Å². The fourth-order valence-corrected chi connectivity index (χ4v) is 3.15. The predicted molar refractivity (Wildman–Crippen MR) is 113 cm³/mol. The number of para-hydroxylation sites is 3. The van der Waals surface area contributed by atoms with Crippen LogP contribution in [0.5, 0.6) is 17.2 Å². The van der Waals surface area contributed by atoms with Crippen LogP contribution in [0, 0.1) is 0 Å². The lowest BCUT2D eigenvalue weighted by atomic mass is 10.0. The Balaban J connectivity index is 1.44. The Kier molecular flexibility index (Phi) is 7.80. The first kappa shape index (κ1) is 19.8. The molecule has 0 fully saturated rings. The van der Waals surface area contributed by atoms with Crippen molar-refractivity contribution in [2.45, 2.75) is 44.8 Å². The van der Waals surface area contributed by atoms with E-state index in [-0.39, 0.29) is 6.29 Å². The number of phenols is 1. The van der Waals surface area contributed by atoms with E-state index in [2.05, 4.69) is 0 Å². The van der Waals surface area contributed by atoms with E-state index in [1.54, 1.807) is 6.07 Å². The van der Waals surface area contributed by atoms with Crippen LogP contribution in [0.3, 0.4) is 0 Å². The molecule has 0 heterocycles. The van der Waals surface area contributed by atoms with Gasteiger partial charge in [0.1, 0.15) is 17.2 Å². The summed E-state index contributed by atoms with van der Waals surface area (Å²) < 4.78 is 12.1. The lowest BCUT2D eigenvalue weighted by molar-refractivity contribution is -0.00244. The van der Waals surface area contributed by atoms with Gasteiger partial charge in [-0.1, -0.05) is 67.4 Å². The second kappa shape index (κ2) is 11.0. The Bertz CT molecular complexity index is 761. The summed E-state index contributed by atoms with van der Waals surface area (Å²) >= 11 is 0. The summed E-state index contributed by atoms with van der Waals surface area (Å²) in [5, 5.41) is 9.83. The molecule has 0 saturated carbocycles. The monoisotopic (exact) mass is 376 g/mol. The van der Waals surface area contributed by atoms with E-state index in [9.17, 15) is 5.11 Å². The van der Waals surface area contributed by atoms with Gasteiger partial charge in [0.05, 0.1) is 0 Å². The van der Waals surface area contributed by atoms with Gasteiger partial charge in [-0.3, -0.25) is 0 Å². The average Bonchev–Trinajstić information content (AvgIpc) is 2.73. The molecule has 0 bridgehead atoms. The second-order valence-electron chi connectivity index (χ2n) is 6.87. The SMILES string of the molecule is Oc1ccccc1CCCCCCC(Oc1ccccc1)Oc1ccccc1. The molecule has 0 amide bonds. The highest BCUT2D eigenvalue weighted by Crippen LogP contribution is 2.21. The fourth-order valence-electron chi connectivity index (χ4n) is 3.15. The summed E-state index contributed by atoms with van der Waals surface area (Å²) in [6.45, 7) is 0. The zero-order chi connectivity index (χ0) is 19.4. The minimum Gasteiger partial charge on any atom is -0.508 e. The highest BCUT2D eigenvalue weighted by molar-refractivity contribution is 5.31. The summed E-state index contributed by atoms with van der Waals surface area (Å²) in [4.78, 5) is 0. The molecule has 0 saturated heterocycles. The first-order valence-electron chi connectivity index (χ1n) is 10.0. The molecule has 3 rings (SSSR count). The number of hydrogen-bond acceptors (Lipinski definition) is 3. The van der Waals surface area contributed by atoms with Crippen molar-refractivity contribution in [2.24, 2.45) is 0 Å². The lowest BCUT2D eigenvalue weighted by Gasteiger charge is -2.20. The normalized spacial score (nSPS) is 10.8. The number of ether oxygens (including phenoxy) is 2. The van der Waals surface area contributed by atoms with Gasteiger partial charge in [0.2, 0.25) is 6.29 Å². The van der Waals surface area contributed by atoms with Gasteiger partial charge in [-0.05, 0) is 55.2 Å². The third kappa shape index (κ3) is 6.66. The number of unbranched alkanes of at least 4 members (excludes halogenated alkanes) is 3. The smallest absolute Gasteiger partial charge is 0.241 e. The zero-order valence-corrected chi connectivity index (χ0v) is 16.2. The summed E-state index contributed by atoms with van der Waals surface area (Å²) in [6, 6.07) is 27.2. The largest absolute Gasteiger partial charge is 0.508 e. The van der Waals surface area contributed by atoms with Crippen LogP contribution >= 0.6 is 0 Å². The number of hydrogen-bond donors (Lipinski definition) is 1. The van der Waals surface area contributed by atoms with Crippen LogP contribution in [0.2, 0.25) is 0 Å². The van der Waals surface area contributed by atoms with Crippen LogP contribution in [-0.4, -0.2) is 11.4 Å². The summed E-state index contributed by atoms with van der Waals surface area (Å²) in [7, 11) is 0. The van der Waals surface area contributed by atoms with E-state index in [0.717, 1.165) is 55.6 Å². The van der Waals surface area contributed by atoms with Crippen molar-refractivity contribution >= 4 is 0 Å². The van der Waals surface area contributed by atoms with Gasteiger partial charge in [-0.2, -0.15) is 0 Å². The van der Waals surface area contributed by atoms with Gasteiger partial charge in [0.15, 0.2) is 0 Å². The molecule has 0 radical (unpaired) electrons. The molecule has 3 nitrogen and oxygen atoms in total. The molecule has 146 valence electrons. The Morgan fingerprint density at radius 1 is 0.607 bits per heavy atom. The Hall–Kier alpha value is -2.94. The van der Waals surface area contributed by atoms with E-state index in [1.807, 2.05) is 78.9 Å². The molecule has 0 unspecified atom stereocenters. The first-order chi connectivity index (χ1) is 13.8. The van der Waals surface area contributed by atoms with Crippen molar-refractivity contribution in [1.82, 2.24) is 0 Å². The van der Waals surface area contributed by atoms with Crippen molar-refractivity contribution in [3.8, 4) is 17.2 Å². The Morgan fingerprint density at radius 2 is 1.14 bits per heavy atom. The number of aromatic hydroxyl groups is 1. The van der Waals surface area contributed by atoms with E-state index < -0.39 is 0 Å². The molecule has 0 aliphatic heterocycles. The summed E-state index contributed by atoms with van der Waals surface area (Å²) in [6.07, 6.45) is 5.78. The molecule has 3 heteroatoms. The van der Waals surface area contributed by atoms with Crippen molar-refractivity contribution in [3.05, 3.63) is 90.5 Å². The van der Waals surface area contributed by atoms with Crippen molar-refractivity contribution in [3.63, 3.8) is 0 Å². The van der Waals surface area contributed by atoms with E-state index in [0.29, 0.717) is 5.75 Å². The molecule has 0 atom stereocenters. The zero-order valence-electron chi connectivity index (χ0n) is 16.2. The summed E-state index contributed by atoms with van der Waals surface area (Å²) in [5.41, 5.74) is 1.03. The molecule has 0 aliphatic rings. The minimum absolute atomic E-state index is 0.303. The molecule has 0 aliphatic carbocycles. The predicted octanol–water partition coefficient (Wildman–Crippen LogP) is 6.37. The highest BCUT2D eigenvalue weighted by Gasteiger charge is 2.12. The average molecular weight is 376 g/mol. The van der Waals surface area contributed by atoms with Crippen LogP contribution in [0.1, 0.15) is 37.7 Å². The first-order valence-corrected chi connectivity index (χ1v) is 10.0. The molecule has 3 aromatic rings. The van der Waals surface area contributed by atoms with E-state index >= 15 is 0 Å². The number of aryl methyl sites for hydroxylation is 1. The van der Waals surface area contributed by atoms with Crippen LogP contribution < -0.4 is 9.47 Å². The van der Waals surface area contributed by atoms with Gasteiger partial charge in [-0.15, -0.1) is 0 Å². The number of benzene rings is 3. The van der Waals surface area contributed by atoms with Gasteiger partial charge in [-0.25, -0.2) is 0 Å². The van der Waals surface area contributed by atoms with E-state index in [1.165, 1.54) is 0 Å². The maximum absolute atomic E-state index is 9.83. The second-order valence-corrected chi connectivity index (χ2v) is 6.87. The maximum atomic E-state index is 9.83.